The molecule has 16 heavy (non-hydrogen) atoms. The maximum absolute atomic E-state index is 5.83. The second-order valence-electron chi connectivity index (χ2n) is 3.93. The lowest BCUT2D eigenvalue weighted by molar-refractivity contribution is 0.595. The van der Waals surface area contributed by atoms with Gasteiger partial charge in [0.1, 0.15) is 5.82 Å². The van der Waals surface area contributed by atoms with E-state index in [1.54, 1.807) is 6.20 Å². The summed E-state index contributed by atoms with van der Waals surface area (Å²) in [6.07, 6.45) is 6.54. The molecule has 4 heteroatoms. The van der Waals surface area contributed by atoms with E-state index in [0.717, 1.165) is 18.5 Å². The second-order valence-corrected chi connectivity index (χ2v) is 4.36. The van der Waals surface area contributed by atoms with Crippen LogP contribution in [0.25, 0.3) is 6.08 Å². The quantitative estimate of drug-likeness (QED) is 0.777. The predicted octanol–water partition coefficient (Wildman–Crippen LogP) is 2.72. The smallest absolute Gasteiger partial charge is 0.130 e. The van der Waals surface area contributed by atoms with Gasteiger partial charge in [0.2, 0.25) is 0 Å². The monoisotopic (exact) mass is 239 g/mol. The molecular weight excluding hydrogens is 222 g/mol. The lowest BCUT2D eigenvalue weighted by Gasteiger charge is -2.05. The summed E-state index contributed by atoms with van der Waals surface area (Å²) in [5, 5.41) is 3.94. The number of hydrogen-bond acceptors (Lipinski definition) is 3. The zero-order chi connectivity index (χ0) is 12.0. The molecule has 0 radical (unpaired) electrons. The van der Waals surface area contributed by atoms with Crippen molar-refractivity contribution < 1.29 is 0 Å². The van der Waals surface area contributed by atoms with Crippen molar-refractivity contribution in [3.8, 4) is 0 Å². The molecular formula is C12H18ClN3. The minimum atomic E-state index is 0.512. The number of aromatic nitrogens is 1. The molecule has 0 aliphatic rings. The average molecular weight is 240 g/mol. The summed E-state index contributed by atoms with van der Waals surface area (Å²) in [7, 11) is 0. The maximum atomic E-state index is 5.83. The van der Waals surface area contributed by atoms with E-state index in [9.17, 15) is 0 Å². The molecule has 0 saturated heterocycles. The summed E-state index contributed by atoms with van der Waals surface area (Å²) in [5.41, 5.74) is 6.59. The number of nitrogens with zero attached hydrogens (tertiary/aromatic N) is 1. The molecule has 0 aliphatic carbocycles. The van der Waals surface area contributed by atoms with E-state index in [1.807, 2.05) is 12.1 Å². The van der Waals surface area contributed by atoms with E-state index in [0.29, 0.717) is 16.9 Å². The SMILES string of the molecule is CC(C)NCCC=Cc1cc(Cl)cnc1N. The summed E-state index contributed by atoms with van der Waals surface area (Å²) in [6, 6.07) is 2.34. The van der Waals surface area contributed by atoms with Gasteiger partial charge in [0.15, 0.2) is 0 Å². The highest BCUT2D eigenvalue weighted by molar-refractivity contribution is 6.30. The number of anilines is 1. The zero-order valence-corrected chi connectivity index (χ0v) is 10.5. The van der Waals surface area contributed by atoms with Crippen LogP contribution in [0.5, 0.6) is 0 Å². The lowest BCUT2D eigenvalue weighted by atomic mass is 10.2. The van der Waals surface area contributed by atoms with Crippen molar-refractivity contribution in [2.24, 2.45) is 0 Å². The number of nitrogens with one attached hydrogen (secondary N) is 1. The standard InChI is InChI=1S/C12H18ClN3/c1-9(2)15-6-4-3-5-10-7-11(13)8-16-12(10)14/h3,5,7-9,15H,4,6H2,1-2H3,(H2,14,16). The lowest BCUT2D eigenvalue weighted by Crippen LogP contribution is -2.23. The van der Waals surface area contributed by atoms with Crippen molar-refractivity contribution in [1.82, 2.24) is 10.3 Å². The van der Waals surface area contributed by atoms with E-state index < -0.39 is 0 Å². The first-order valence-electron chi connectivity index (χ1n) is 5.40. The normalized spacial score (nSPS) is 11.5. The van der Waals surface area contributed by atoms with Crippen LogP contribution in [0.2, 0.25) is 5.02 Å². The minimum absolute atomic E-state index is 0.512. The second kappa shape index (κ2) is 6.51. The van der Waals surface area contributed by atoms with Gasteiger partial charge in [-0.3, -0.25) is 0 Å². The highest BCUT2D eigenvalue weighted by Crippen LogP contribution is 2.16. The number of nitrogens with two attached hydrogens (primary N) is 1. The largest absolute Gasteiger partial charge is 0.383 e. The van der Waals surface area contributed by atoms with Crippen molar-refractivity contribution >= 4 is 23.5 Å². The predicted molar refractivity (Wildman–Crippen MR) is 70.4 cm³/mol. The molecule has 0 bridgehead atoms. The molecule has 1 heterocycles. The molecule has 3 N–H and O–H groups in total. The first kappa shape index (κ1) is 13.0. The molecule has 0 atom stereocenters. The van der Waals surface area contributed by atoms with Gasteiger partial charge >= 0.3 is 0 Å². The summed E-state index contributed by atoms with van der Waals surface area (Å²) in [6.45, 7) is 5.22. The van der Waals surface area contributed by atoms with Crippen LogP contribution in [0.1, 0.15) is 25.8 Å². The van der Waals surface area contributed by atoms with Crippen LogP contribution in [0.4, 0.5) is 5.82 Å². The molecule has 0 unspecified atom stereocenters. The van der Waals surface area contributed by atoms with Gasteiger partial charge in [-0.25, -0.2) is 4.98 Å². The van der Waals surface area contributed by atoms with Gasteiger partial charge in [-0.05, 0) is 19.0 Å². The van der Waals surface area contributed by atoms with Crippen LogP contribution >= 0.6 is 11.6 Å². The number of hydrogen-bond donors (Lipinski definition) is 2. The van der Waals surface area contributed by atoms with Crippen molar-refractivity contribution in [2.75, 3.05) is 12.3 Å². The molecule has 0 aliphatic heterocycles. The van der Waals surface area contributed by atoms with Gasteiger partial charge < -0.3 is 11.1 Å². The summed E-state index contributed by atoms with van der Waals surface area (Å²) >= 11 is 5.83. The third kappa shape index (κ3) is 4.64. The Labute approximate surface area is 102 Å². The molecule has 1 rings (SSSR count). The molecule has 0 spiro atoms. The van der Waals surface area contributed by atoms with Crippen LogP contribution in [0.15, 0.2) is 18.3 Å². The van der Waals surface area contributed by atoms with E-state index in [4.69, 9.17) is 17.3 Å². The van der Waals surface area contributed by atoms with E-state index in [1.165, 1.54) is 0 Å². The summed E-state index contributed by atoms with van der Waals surface area (Å²) in [4.78, 5) is 3.98. The molecule has 3 nitrogen and oxygen atoms in total. The van der Waals surface area contributed by atoms with Crippen LogP contribution in [-0.2, 0) is 0 Å². The highest BCUT2D eigenvalue weighted by atomic mass is 35.5. The number of halogens is 1. The fraction of sp³-hybridized carbons (Fsp3) is 0.417. The zero-order valence-electron chi connectivity index (χ0n) is 9.70. The van der Waals surface area contributed by atoms with Crippen LogP contribution in [0.3, 0.4) is 0 Å². The van der Waals surface area contributed by atoms with Gasteiger partial charge in [-0.15, -0.1) is 0 Å². The number of nitrogen functional groups attached to an aromatic ring is 1. The van der Waals surface area contributed by atoms with Crippen LogP contribution in [0, 0.1) is 0 Å². The number of pyridine rings is 1. The topological polar surface area (TPSA) is 50.9 Å². The summed E-state index contributed by atoms with van der Waals surface area (Å²) < 4.78 is 0. The Morgan fingerprint density at radius 2 is 2.31 bits per heavy atom. The van der Waals surface area contributed by atoms with Crippen molar-refractivity contribution in [3.05, 3.63) is 28.9 Å². The Bertz CT molecular complexity index is 361. The molecule has 0 amide bonds. The average Bonchev–Trinajstić information content (AvgIpc) is 2.22. The summed E-state index contributed by atoms with van der Waals surface area (Å²) in [5.74, 6) is 0.512. The fourth-order valence-electron chi connectivity index (χ4n) is 1.26. The van der Waals surface area contributed by atoms with Crippen molar-refractivity contribution in [2.45, 2.75) is 26.3 Å². The van der Waals surface area contributed by atoms with Gasteiger partial charge in [0.25, 0.3) is 0 Å². The van der Waals surface area contributed by atoms with E-state index in [2.05, 4.69) is 30.2 Å². The van der Waals surface area contributed by atoms with Gasteiger partial charge in [-0.2, -0.15) is 0 Å². The van der Waals surface area contributed by atoms with Gasteiger partial charge in [-0.1, -0.05) is 37.6 Å². The fourth-order valence-corrected chi connectivity index (χ4v) is 1.43. The van der Waals surface area contributed by atoms with Gasteiger partial charge in [0.05, 0.1) is 5.02 Å². The molecule has 0 saturated carbocycles. The minimum Gasteiger partial charge on any atom is -0.383 e. The van der Waals surface area contributed by atoms with Gasteiger partial charge in [0, 0.05) is 17.8 Å². The molecule has 0 aromatic carbocycles. The molecule has 1 aromatic heterocycles. The Hall–Kier alpha value is -1.06. The molecule has 88 valence electrons. The van der Waals surface area contributed by atoms with E-state index >= 15 is 0 Å². The van der Waals surface area contributed by atoms with Crippen molar-refractivity contribution in [1.29, 1.82) is 0 Å². The van der Waals surface area contributed by atoms with Crippen molar-refractivity contribution in [3.63, 3.8) is 0 Å². The highest BCUT2D eigenvalue weighted by Gasteiger charge is 1.97. The third-order valence-electron chi connectivity index (χ3n) is 2.08. The Balaban J connectivity index is 2.46. The van der Waals surface area contributed by atoms with Crippen LogP contribution < -0.4 is 11.1 Å². The Morgan fingerprint density at radius 3 is 3.00 bits per heavy atom. The van der Waals surface area contributed by atoms with Crippen LogP contribution in [-0.4, -0.2) is 17.6 Å². The maximum Gasteiger partial charge on any atom is 0.130 e. The Morgan fingerprint density at radius 1 is 1.56 bits per heavy atom. The first-order chi connectivity index (χ1) is 7.59. The first-order valence-corrected chi connectivity index (χ1v) is 5.78. The molecule has 0 fully saturated rings. The molecule has 1 aromatic rings. The Kier molecular flexibility index (Phi) is 5.29. The van der Waals surface area contributed by atoms with E-state index in [-0.39, 0.29) is 0 Å². The third-order valence-corrected chi connectivity index (χ3v) is 2.28. The number of rotatable bonds is 5.